The molecule has 1 amide bonds. The van der Waals surface area contributed by atoms with Crippen molar-refractivity contribution in [3.05, 3.63) is 66.2 Å². The molecule has 0 N–H and O–H groups in total. The second-order valence-corrected chi connectivity index (χ2v) is 8.21. The summed E-state index contributed by atoms with van der Waals surface area (Å²) in [6.07, 6.45) is 3.98. The summed E-state index contributed by atoms with van der Waals surface area (Å²) < 4.78 is 16.4. The third-order valence-electron chi connectivity index (χ3n) is 6.01. The molecule has 0 aliphatic carbocycles. The van der Waals surface area contributed by atoms with Gasteiger partial charge in [0.1, 0.15) is 11.5 Å². The van der Waals surface area contributed by atoms with E-state index < -0.39 is 0 Å². The van der Waals surface area contributed by atoms with Crippen LogP contribution >= 0.6 is 0 Å². The maximum atomic E-state index is 12.8. The van der Waals surface area contributed by atoms with E-state index >= 15 is 0 Å². The van der Waals surface area contributed by atoms with Gasteiger partial charge >= 0.3 is 0 Å². The Labute approximate surface area is 194 Å². The zero-order chi connectivity index (χ0) is 23.0. The lowest BCUT2D eigenvalue weighted by Gasteiger charge is -2.21. The van der Waals surface area contributed by atoms with Crippen LogP contribution in [0.1, 0.15) is 24.3 Å². The van der Waals surface area contributed by atoms with Crippen LogP contribution in [0.4, 0.5) is 0 Å². The standard InChI is InChI=1S/C26H31N3O4/c1-31-22-9-4-20(5-10-22)6-13-26(30)29-15-3-14-28(16-17-29)19-25-27-18-24(33-25)21-7-11-23(32-2)12-8-21/h4-5,7-12,18H,3,6,13-17,19H2,1-2H3. The number of benzene rings is 2. The van der Waals surface area contributed by atoms with Crippen LogP contribution in [0.2, 0.25) is 0 Å². The fourth-order valence-corrected chi connectivity index (χ4v) is 4.04. The van der Waals surface area contributed by atoms with Gasteiger partial charge in [0.2, 0.25) is 11.8 Å². The summed E-state index contributed by atoms with van der Waals surface area (Å²) in [5.74, 6) is 3.30. The van der Waals surface area contributed by atoms with E-state index in [1.165, 1.54) is 0 Å². The van der Waals surface area contributed by atoms with Crippen LogP contribution in [0.15, 0.2) is 59.1 Å². The highest BCUT2D eigenvalue weighted by atomic mass is 16.5. The SMILES string of the molecule is COc1ccc(CCC(=O)N2CCCN(Cc3ncc(-c4ccc(OC)cc4)o3)CC2)cc1. The molecule has 7 nitrogen and oxygen atoms in total. The van der Waals surface area contributed by atoms with E-state index in [-0.39, 0.29) is 5.91 Å². The average Bonchev–Trinajstić information content (AvgIpc) is 3.20. The molecule has 1 saturated heterocycles. The quantitative estimate of drug-likeness (QED) is 0.517. The van der Waals surface area contributed by atoms with Crippen molar-refractivity contribution in [3.8, 4) is 22.8 Å². The van der Waals surface area contributed by atoms with Gasteiger partial charge < -0.3 is 18.8 Å². The Bertz CT molecular complexity index is 1030. The van der Waals surface area contributed by atoms with E-state index in [4.69, 9.17) is 13.9 Å². The number of carbonyl (C=O) groups is 1. The molecule has 0 bridgehead atoms. The molecule has 0 unspecified atom stereocenters. The maximum Gasteiger partial charge on any atom is 0.222 e. The summed E-state index contributed by atoms with van der Waals surface area (Å²) in [6, 6.07) is 15.7. The van der Waals surface area contributed by atoms with Gasteiger partial charge in [0.25, 0.3) is 0 Å². The zero-order valence-corrected chi connectivity index (χ0v) is 19.3. The van der Waals surface area contributed by atoms with E-state index in [0.717, 1.165) is 67.4 Å². The minimum atomic E-state index is 0.214. The molecule has 1 fully saturated rings. The Balaban J connectivity index is 1.26. The molecule has 33 heavy (non-hydrogen) atoms. The molecule has 1 aromatic heterocycles. The summed E-state index contributed by atoms with van der Waals surface area (Å²) in [5.41, 5.74) is 2.12. The number of carbonyl (C=O) groups excluding carboxylic acids is 1. The van der Waals surface area contributed by atoms with Crippen LogP contribution < -0.4 is 9.47 Å². The molecular formula is C26H31N3O4. The van der Waals surface area contributed by atoms with Gasteiger partial charge in [-0.05, 0) is 54.8 Å². The highest BCUT2D eigenvalue weighted by molar-refractivity contribution is 5.76. The summed E-state index contributed by atoms with van der Waals surface area (Å²) in [4.78, 5) is 21.5. The zero-order valence-electron chi connectivity index (χ0n) is 19.3. The normalized spacial score (nSPS) is 14.7. The molecule has 0 spiro atoms. The third-order valence-corrected chi connectivity index (χ3v) is 6.01. The highest BCUT2D eigenvalue weighted by Gasteiger charge is 2.20. The van der Waals surface area contributed by atoms with Crippen molar-refractivity contribution in [2.75, 3.05) is 40.4 Å². The number of oxazole rings is 1. The smallest absolute Gasteiger partial charge is 0.222 e. The molecule has 0 atom stereocenters. The molecule has 1 aliphatic heterocycles. The van der Waals surface area contributed by atoms with E-state index in [1.54, 1.807) is 20.4 Å². The van der Waals surface area contributed by atoms with Crippen molar-refractivity contribution < 1.29 is 18.7 Å². The van der Waals surface area contributed by atoms with Crippen LogP contribution in [0.5, 0.6) is 11.5 Å². The summed E-state index contributed by atoms with van der Waals surface area (Å²) >= 11 is 0. The number of rotatable bonds is 8. The number of nitrogens with zero attached hydrogens (tertiary/aromatic N) is 3. The van der Waals surface area contributed by atoms with Crippen molar-refractivity contribution >= 4 is 5.91 Å². The Hall–Kier alpha value is -3.32. The van der Waals surface area contributed by atoms with Crippen LogP contribution in [0.3, 0.4) is 0 Å². The van der Waals surface area contributed by atoms with Gasteiger partial charge in [-0.1, -0.05) is 12.1 Å². The summed E-state index contributed by atoms with van der Waals surface area (Å²) in [5, 5.41) is 0. The molecule has 4 rings (SSSR count). The first-order valence-electron chi connectivity index (χ1n) is 11.4. The van der Waals surface area contributed by atoms with Gasteiger partial charge in [-0.2, -0.15) is 0 Å². The third kappa shape index (κ3) is 6.14. The van der Waals surface area contributed by atoms with Gasteiger partial charge in [0.05, 0.1) is 27.0 Å². The number of hydrogen-bond donors (Lipinski definition) is 0. The van der Waals surface area contributed by atoms with Gasteiger partial charge in [-0.3, -0.25) is 9.69 Å². The average molecular weight is 450 g/mol. The Kier molecular flexibility index (Phi) is 7.62. The van der Waals surface area contributed by atoms with Crippen LogP contribution in [-0.2, 0) is 17.8 Å². The Morgan fingerprint density at radius 2 is 1.64 bits per heavy atom. The molecule has 2 aromatic carbocycles. The van der Waals surface area contributed by atoms with E-state index in [2.05, 4.69) is 9.88 Å². The van der Waals surface area contributed by atoms with Crippen molar-refractivity contribution in [2.24, 2.45) is 0 Å². The number of aryl methyl sites for hydroxylation is 1. The van der Waals surface area contributed by atoms with Crippen LogP contribution in [0, 0.1) is 0 Å². The van der Waals surface area contributed by atoms with Crippen molar-refractivity contribution in [2.45, 2.75) is 25.8 Å². The number of hydrogen-bond acceptors (Lipinski definition) is 6. The fourth-order valence-electron chi connectivity index (χ4n) is 4.04. The monoisotopic (exact) mass is 449 g/mol. The van der Waals surface area contributed by atoms with Crippen molar-refractivity contribution in [1.82, 2.24) is 14.8 Å². The van der Waals surface area contributed by atoms with Crippen molar-refractivity contribution in [3.63, 3.8) is 0 Å². The van der Waals surface area contributed by atoms with Crippen LogP contribution in [-0.4, -0.2) is 61.1 Å². The molecular weight excluding hydrogens is 418 g/mol. The second kappa shape index (κ2) is 11.0. The van der Waals surface area contributed by atoms with Gasteiger partial charge in [0, 0.05) is 38.2 Å². The first-order chi connectivity index (χ1) is 16.1. The lowest BCUT2D eigenvalue weighted by molar-refractivity contribution is -0.131. The van der Waals surface area contributed by atoms with Crippen molar-refractivity contribution in [1.29, 1.82) is 0 Å². The Morgan fingerprint density at radius 1 is 0.939 bits per heavy atom. The van der Waals surface area contributed by atoms with Gasteiger partial charge in [-0.15, -0.1) is 0 Å². The first kappa shape index (κ1) is 22.9. The Morgan fingerprint density at radius 3 is 2.33 bits per heavy atom. The van der Waals surface area contributed by atoms with E-state index in [9.17, 15) is 4.79 Å². The largest absolute Gasteiger partial charge is 0.497 e. The predicted molar refractivity (Wildman–Crippen MR) is 126 cm³/mol. The molecule has 7 heteroatoms. The number of methoxy groups -OCH3 is 2. The minimum absolute atomic E-state index is 0.214. The molecule has 174 valence electrons. The maximum absolute atomic E-state index is 12.8. The number of ether oxygens (including phenoxy) is 2. The highest BCUT2D eigenvalue weighted by Crippen LogP contribution is 2.24. The second-order valence-electron chi connectivity index (χ2n) is 8.21. The summed E-state index contributed by atoms with van der Waals surface area (Å²) in [7, 11) is 3.31. The predicted octanol–water partition coefficient (Wildman–Crippen LogP) is 4.03. The van der Waals surface area contributed by atoms with Gasteiger partial charge in [0.15, 0.2) is 5.76 Å². The molecule has 0 saturated carbocycles. The van der Waals surface area contributed by atoms with E-state index in [0.29, 0.717) is 18.9 Å². The minimum Gasteiger partial charge on any atom is -0.497 e. The summed E-state index contributed by atoms with van der Waals surface area (Å²) in [6.45, 7) is 3.90. The topological polar surface area (TPSA) is 68.0 Å². The molecule has 0 radical (unpaired) electrons. The fraction of sp³-hybridized carbons (Fsp3) is 0.385. The van der Waals surface area contributed by atoms with Gasteiger partial charge in [-0.25, -0.2) is 4.98 Å². The molecule has 1 aliphatic rings. The first-order valence-corrected chi connectivity index (χ1v) is 11.4. The number of amides is 1. The van der Waals surface area contributed by atoms with E-state index in [1.807, 2.05) is 53.4 Å². The lowest BCUT2D eigenvalue weighted by Crippen LogP contribution is -2.35. The molecule has 3 aromatic rings. The number of aromatic nitrogens is 1. The lowest BCUT2D eigenvalue weighted by atomic mass is 10.1. The van der Waals surface area contributed by atoms with Crippen LogP contribution in [0.25, 0.3) is 11.3 Å². The molecule has 2 heterocycles.